The summed E-state index contributed by atoms with van der Waals surface area (Å²) in [7, 11) is 2.44. The molecule has 6 nitrogen and oxygen atoms in total. The molecule has 92 valence electrons. The van der Waals surface area contributed by atoms with Crippen molar-refractivity contribution in [3.8, 4) is 0 Å². The van der Waals surface area contributed by atoms with E-state index in [1.807, 2.05) is 0 Å². The molecule has 0 bridgehead atoms. The maximum Gasteiger partial charge on any atom is 0.328 e. The normalized spacial score (nSPS) is 11.4. The third-order valence-electron chi connectivity index (χ3n) is 1.81. The molecule has 0 heterocycles. The van der Waals surface area contributed by atoms with Gasteiger partial charge in [-0.3, -0.25) is 9.59 Å². The van der Waals surface area contributed by atoms with Crippen LogP contribution in [0.25, 0.3) is 0 Å². The molecule has 16 heavy (non-hydrogen) atoms. The zero-order chi connectivity index (χ0) is 12.6. The second-order valence-electron chi connectivity index (χ2n) is 2.89. The first kappa shape index (κ1) is 14.7. The van der Waals surface area contributed by atoms with Crippen LogP contribution >= 0.6 is 11.6 Å². The number of rotatable bonds is 6. The van der Waals surface area contributed by atoms with E-state index in [2.05, 4.69) is 14.8 Å². The number of carbonyl (C=O) groups is 3. The Balaban J connectivity index is 4.26. The topological polar surface area (TPSA) is 81.7 Å². The summed E-state index contributed by atoms with van der Waals surface area (Å²) in [6.45, 7) is 0. The van der Waals surface area contributed by atoms with Crippen LogP contribution in [0.2, 0.25) is 0 Å². The number of hydrogen-bond donors (Lipinski definition) is 1. The molecule has 0 radical (unpaired) electrons. The Hall–Kier alpha value is -1.30. The van der Waals surface area contributed by atoms with E-state index in [4.69, 9.17) is 11.6 Å². The summed E-state index contributed by atoms with van der Waals surface area (Å²) < 4.78 is 8.89. The number of hydrogen-bond acceptors (Lipinski definition) is 5. The van der Waals surface area contributed by atoms with Gasteiger partial charge in [-0.1, -0.05) is 0 Å². The lowest BCUT2D eigenvalue weighted by atomic mass is 10.1. The number of methoxy groups -OCH3 is 2. The highest BCUT2D eigenvalue weighted by atomic mass is 35.5. The first-order chi connectivity index (χ1) is 7.54. The van der Waals surface area contributed by atoms with Gasteiger partial charge >= 0.3 is 11.9 Å². The molecule has 0 saturated heterocycles. The summed E-state index contributed by atoms with van der Waals surface area (Å²) >= 11 is 5.28. The highest BCUT2D eigenvalue weighted by molar-refractivity contribution is 6.27. The van der Waals surface area contributed by atoms with E-state index in [0.29, 0.717) is 0 Å². The van der Waals surface area contributed by atoms with Crippen LogP contribution in [0, 0.1) is 0 Å². The van der Waals surface area contributed by atoms with E-state index in [0.717, 1.165) is 0 Å². The van der Waals surface area contributed by atoms with E-state index in [1.54, 1.807) is 0 Å². The molecule has 0 aromatic heterocycles. The first-order valence-corrected chi connectivity index (χ1v) is 5.08. The SMILES string of the molecule is COC(=O)CC[C@@H](NC(=O)CCl)C(=O)OC. The quantitative estimate of drug-likeness (QED) is 0.524. The Morgan fingerprint density at radius 2 is 1.88 bits per heavy atom. The molecule has 0 unspecified atom stereocenters. The van der Waals surface area contributed by atoms with Gasteiger partial charge in [0.15, 0.2) is 0 Å². The highest BCUT2D eigenvalue weighted by Gasteiger charge is 2.22. The average Bonchev–Trinajstić information content (AvgIpc) is 2.32. The van der Waals surface area contributed by atoms with Crippen LogP contribution in [0.5, 0.6) is 0 Å². The molecule has 1 N–H and O–H groups in total. The second kappa shape index (κ2) is 7.92. The average molecular weight is 252 g/mol. The maximum absolute atomic E-state index is 11.2. The van der Waals surface area contributed by atoms with E-state index < -0.39 is 23.9 Å². The fourth-order valence-corrected chi connectivity index (χ4v) is 1.07. The predicted molar refractivity (Wildman–Crippen MR) is 55.9 cm³/mol. The number of esters is 2. The van der Waals surface area contributed by atoms with Crippen LogP contribution in [0.4, 0.5) is 0 Å². The van der Waals surface area contributed by atoms with Gasteiger partial charge in [0.25, 0.3) is 0 Å². The number of nitrogens with one attached hydrogen (secondary N) is 1. The van der Waals surface area contributed by atoms with Crippen molar-refractivity contribution in [2.75, 3.05) is 20.1 Å². The smallest absolute Gasteiger partial charge is 0.328 e. The lowest BCUT2D eigenvalue weighted by molar-refractivity contribution is -0.146. The number of alkyl halides is 1. The highest BCUT2D eigenvalue weighted by Crippen LogP contribution is 2.01. The molecule has 7 heteroatoms. The minimum absolute atomic E-state index is 0.0127. The van der Waals surface area contributed by atoms with E-state index in [-0.39, 0.29) is 18.7 Å². The van der Waals surface area contributed by atoms with E-state index in [1.165, 1.54) is 14.2 Å². The van der Waals surface area contributed by atoms with Crippen LogP contribution in [-0.2, 0) is 23.9 Å². The Morgan fingerprint density at radius 3 is 2.31 bits per heavy atom. The van der Waals surface area contributed by atoms with Crippen molar-refractivity contribution >= 4 is 29.4 Å². The summed E-state index contributed by atoms with van der Waals surface area (Å²) in [4.78, 5) is 33.1. The molecular formula is C9H14ClNO5. The fourth-order valence-electron chi connectivity index (χ4n) is 0.988. The lowest BCUT2D eigenvalue weighted by Gasteiger charge is -2.14. The van der Waals surface area contributed by atoms with Gasteiger partial charge in [-0.05, 0) is 6.42 Å². The van der Waals surface area contributed by atoms with Crippen molar-refractivity contribution in [2.24, 2.45) is 0 Å². The van der Waals surface area contributed by atoms with Gasteiger partial charge in [0.05, 0.1) is 14.2 Å². The molecular weight excluding hydrogens is 238 g/mol. The standard InChI is InChI=1S/C9H14ClNO5/c1-15-8(13)4-3-6(9(14)16-2)11-7(12)5-10/h6H,3-5H2,1-2H3,(H,11,12)/t6-/m1/s1. The van der Waals surface area contributed by atoms with Gasteiger partial charge in [0.1, 0.15) is 11.9 Å². The zero-order valence-corrected chi connectivity index (χ0v) is 9.87. The van der Waals surface area contributed by atoms with Gasteiger partial charge in [-0.15, -0.1) is 11.6 Å². The molecule has 0 fully saturated rings. The Morgan fingerprint density at radius 1 is 1.25 bits per heavy atom. The molecule has 0 aromatic carbocycles. The minimum atomic E-state index is -0.879. The van der Waals surface area contributed by atoms with Crippen LogP contribution in [-0.4, -0.2) is 44.0 Å². The summed E-state index contributed by atoms with van der Waals surface area (Å²) in [5.74, 6) is -1.84. The molecule has 0 spiro atoms. The second-order valence-corrected chi connectivity index (χ2v) is 3.16. The maximum atomic E-state index is 11.2. The van der Waals surface area contributed by atoms with Gasteiger partial charge < -0.3 is 14.8 Å². The van der Waals surface area contributed by atoms with Crippen molar-refractivity contribution in [3.63, 3.8) is 0 Å². The molecule has 0 aliphatic rings. The van der Waals surface area contributed by atoms with Crippen LogP contribution in [0.15, 0.2) is 0 Å². The summed E-state index contributed by atoms with van der Waals surface area (Å²) in [5.41, 5.74) is 0. The third kappa shape index (κ3) is 5.55. The van der Waals surface area contributed by atoms with Crippen molar-refractivity contribution in [2.45, 2.75) is 18.9 Å². The molecule has 0 aromatic rings. The molecule has 0 saturated carbocycles. The Labute approximate surface area is 98.2 Å². The minimum Gasteiger partial charge on any atom is -0.469 e. The van der Waals surface area contributed by atoms with Crippen LogP contribution < -0.4 is 5.32 Å². The predicted octanol–water partition coefficient (Wildman–Crippen LogP) is -0.164. The van der Waals surface area contributed by atoms with Gasteiger partial charge in [0.2, 0.25) is 5.91 Å². The van der Waals surface area contributed by atoms with Crippen molar-refractivity contribution < 1.29 is 23.9 Å². The van der Waals surface area contributed by atoms with Crippen molar-refractivity contribution in [1.29, 1.82) is 0 Å². The summed E-state index contributed by atoms with van der Waals surface area (Å²) in [6.07, 6.45) is 0.126. The van der Waals surface area contributed by atoms with Gasteiger partial charge in [0, 0.05) is 6.42 Å². The summed E-state index contributed by atoms with van der Waals surface area (Å²) in [6, 6.07) is -0.879. The number of ether oxygens (including phenoxy) is 2. The largest absolute Gasteiger partial charge is 0.469 e. The van der Waals surface area contributed by atoms with Gasteiger partial charge in [-0.25, -0.2) is 4.79 Å². The fraction of sp³-hybridized carbons (Fsp3) is 0.667. The zero-order valence-electron chi connectivity index (χ0n) is 9.12. The Bertz CT molecular complexity index is 269. The van der Waals surface area contributed by atoms with E-state index >= 15 is 0 Å². The lowest BCUT2D eigenvalue weighted by Crippen LogP contribution is -2.42. The van der Waals surface area contributed by atoms with Crippen LogP contribution in [0.1, 0.15) is 12.8 Å². The molecule has 0 aliphatic carbocycles. The Kier molecular flexibility index (Phi) is 7.28. The van der Waals surface area contributed by atoms with Crippen LogP contribution in [0.3, 0.4) is 0 Å². The summed E-state index contributed by atoms with van der Waals surface area (Å²) in [5, 5.41) is 2.34. The molecule has 0 aliphatic heterocycles. The molecule has 1 atom stereocenters. The number of carbonyl (C=O) groups excluding carboxylic acids is 3. The van der Waals surface area contributed by atoms with Crippen molar-refractivity contribution in [3.05, 3.63) is 0 Å². The van der Waals surface area contributed by atoms with Crippen molar-refractivity contribution in [1.82, 2.24) is 5.32 Å². The number of halogens is 1. The monoisotopic (exact) mass is 251 g/mol. The number of amides is 1. The third-order valence-corrected chi connectivity index (χ3v) is 2.05. The molecule has 1 amide bonds. The van der Waals surface area contributed by atoms with Gasteiger partial charge in [-0.2, -0.15) is 0 Å². The molecule has 0 rings (SSSR count). The first-order valence-electron chi connectivity index (χ1n) is 4.55. The van der Waals surface area contributed by atoms with E-state index in [9.17, 15) is 14.4 Å².